The van der Waals surface area contributed by atoms with Gasteiger partial charge in [0.25, 0.3) is 0 Å². The van der Waals surface area contributed by atoms with Crippen molar-refractivity contribution in [1.82, 2.24) is 4.98 Å². The first-order chi connectivity index (χ1) is 10.4. The number of rotatable bonds is 3. The molecule has 4 nitrogen and oxygen atoms in total. The summed E-state index contributed by atoms with van der Waals surface area (Å²) in [6.07, 6.45) is 5.76. The molecule has 4 heteroatoms. The molecule has 1 aromatic carbocycles. The van der Waals surface area contributed by atoms with Gasteiger partial charge in [-0.05, 0) is 43.4 Å². The molecule has 2 saturated carbocycles. The molecule has 0 bridgehead atoms. The average Bonchev–Trinajstić information content (AvgIpc) is 3.39. The maximum absolute atomic E-state index is 10.2. The summed E-state index contributed by atoms with van der Waals surface area (Å²) in [5.74, 6) is 0. The monoisotopic (exact) mass is 295 g/mol. The van der Waals surface area contributed by atoms with Crippen LogP contribution in [-0.2, 0) is 11.0 Å². The Hall–Kier alpha value is -2.07. The Labute approximate surface area is 130 Å². The van der Waals surface area contributed by atoms with Crippen molar-refractivity contribution in [3.05, 3.63) is 41.7 Å². The third-order valence-electron chi connectivity index (χ3n) is 5.10. The van der Waals surface area contributed by atoms with Gasteiger partial charge in [-0.2, -0.15) is 0 Å². The van der Waals surface area contributed by atoms with Crippen molar-refractivity contribution in [2.45, 2.75) is 43.6 Å². The van der Waals surface area contributed by atoms with Crippen LogP contribution >= 0.6 is 0 Å². The van der Waals surface area contributed by atoms with Gasteiger partial charge < -0.3 is 16.6 Å². The zero-order valence-corrected chi connectivity index (χ0v) is 12.8. The second-order valence-corrected chi connectivity index (χ2v) is 7.06. The highest BCUT2D eigenvalue weighted by molar-refractivity contribution is 5.72. The first-order valence-corrected chi connectivity index (χ1v) is 7.80. The number of pyridine rings is 1. The Kier molecular flexibility index (Phi) is 2.61. The third-order valence-corrected chi connectivity index (χ3v) is 5.10. The normalized spacial score (nSPS) is 20.6. The summed E-state index contributed by atoms with van der Waals surface area (Å²) in [4.78, 5) is 4.59. The molecule has 22 heavy (non-hydrogen) atoms. The standard InChI is InChI=1S/C18H21N3O/c1-17(4-5-17)16-15(20)9-12(10-21-16)11-2-3-13(14(19)8-11)18(22)6-7-18/h2-3,8-10,22H,4-7,19-20H2,1H3. The second kappa shape index (κ2) is 4.23. The molecule has 4 rings (SSSR count). The first kappa shape index (κ1) is 13.6. The quantitative estimate of drug-likeness (QED) is 0.760. The fourth-order valence-electron chi connectivity index (χ4n) is 3.12. The van der Waals surface area contributed by atoms with Crippen LogP contribution in [0.25, 0.3) is 11.1 Å². The van der Waals surface area contributed by atoms with Crippen LogP contribution in [0.15, 0.2) is 30.5 Å². The zero-order valence-electron chi connectivity index (χ0n) is 12.8. The molecule has 114 valence electrons. The Morgan fingerprint density at radius 1 is 1.00 bits per heavy atom. The molecule has 0 atom stereocenters. The van der Waals surface area contributed by atoms with Crippen molar-refractivity contribution < 1.29 is 5.11 Å². The fraction of sp³-hybridized carbons (Fsp3) is 0.389. The predicted octanol–water partition coefficient (Wildman–Crippen LogP) is 2.95. The minimum absolute atomic E-state index is 0.167. The Morgan fingerprint density at radius 2 is 1.68 bits per heavy atom. The third kappa shape index (κ3) is 2.06. The summed E-state index contributed by atoms with van der Waals surface area (Å²) in [5.41, 5.74) is 17.0. The summed E-state index contributed by atoms with van der Waals surface area (Å²) in [6.45, 7) is 2.20. The summed E-state index contributed by atoms with van der Waals surface area (Å²) >= 11 is 0. The van der Waals surface area contributed by atoms with Gasteiger partial charge in [-0.25, -0.2) is 0 Å². The van der Waals surface area contributed by atoms with Crippen LogP contribution in [-0.4, -0.2) is 10.1 Å². The largest absolute Gasteiger partial charge is 0.398 e. The molecular weight excluding hydrogens is 274 g/mol. The molecule has 0 aliphatic heterocycles. The van der Waals surface area contributed by atoms with Gasteiger partial charge in [0.2, 0.25) is 0 Å². The van der Waals surface area contributed by atoms with Gasteiger partial charge in [-0.1, -0.05) is 19.1 Å². The van der Waals surface area contributed by atoms with Crippen molar-refractivity contribution in [2.24, 2.45) is 0 Å². The lowest BCUT2D eigenvalue weighted by Gasteiger charge is -2.15. The summed E-state index contributed by atoms with van der Waals surface area (Å²) in [6, 6.07) is 7.79. The molecule has 0 unspecified atom stereocenters. The van der Waals surface area contributed by atoms with E-state index in [0.717, 1.165) is 53.8 Å². The van der Waals surface area contributed by atoms with Crippen molar-refractivity contribution in [3.63, 3.8) is 0 Å². The minimum Gasteiger partial charge on any atom is -0.398 e. The van der Waals surface area contributed by atoms with E-state index in [-0.39, 0.29) is 5.41 Å². The van der Waals surface area contributed by atoms with Crippen LogP contribution in [0.5, 0.6) is 0 Å². The molecular formula is C18H21N3O. The van der Waals surface area contributed by atoms with E-state index in [1.165, 1.54) is 0 Å². The number of hydrogen-bond acceptors (Lipinski definition) is 4. The molecule has 0 spiro atoms. The zero-order chi connectivity index (χ0) is 15.5. The van der Waals surface area contributed by atoms with Crippen molar-refractivity contribution >= 4 is 11.4 Å². The summed E-state index contributed by atoms with van der Waals surface area (Å²) in [5, 5.41) is 10.2. The van der Waals surface area contributed by atoms with E-state index in [1.807, 2.05) is 30.5 Å². The van der Waals surface area contributed by atoms with Gasteiger partial charge in [-0.3, -0.25) is 4.98 Å². The number of aliphatic hydroxyl groups is 1. The predicted molar refractivity (Wildman–Crippen MR) is 88.2 cm³/mol. The maximum Gasteiger partial charge on any atom is 0.0918 e. The Morgan fingerprint density at radius 3 is 2.23 bits per heavy atom. The molecule has 0 saturated heterocycles. The van der Waals surface area contributed by atoms with E-state index in [9.17, 15) is 5.11 Å². The van der Waals surface area contributed by atoms with Crippen LogP contribution in [0.1, 0.15) is 43.9 Å². The SMILES string of the molecule is CC1(c2ncc(-c3ccc(C4(O)CC4)c(N)c3)cc2N)CC1. The van der Waals surface area contributed by atoms with Gasteiger partial charge in [0.05, 0.1) is 17.0 Å². The van der Waals surface area contributed by atoms with Gasteiger partial charge in [0.15, 0.2) is 0 Å². The molecule has 1 aromatic heterocycles. The molecule has 2 fully saturated rings. The molecule has 1 heterocycles. The van der Waals surface area contributed by atoms with Crippen LogP contribution in [0.3, 0.4) is 0 Å². The number of hydrogen-bond donors (Lipinski definition) is 3. The Balaban J connectivity index is 1.70. The summed E-state index contributed by atoms with van der Waals surface area (Å²) < 4.78 is 0. The molecule has 0 radical (unpaired) electrons. The molecule has 5 N–H and O–H groups in total. The molecule has 2 aromatic rings. The molecule has 2 aliphatic carbocycles. The smallest absolute Gasteiger partial charge is 0.0918 e. The van der Waals surface area contributed by atoms with E-state index in [2.05, 4.69) is 11.9 Å². The fourth-order valence-corrected chi connectivity index (χ4v) is 3.12. The van der Waals surface area contributed by atoms with E-state index >= 15 is 0 Å². The highest BCUT2D eigenvalue weighted by Gasteiger charge is 2.43. The highest BCUT2D eigenvalue weighted by Crippen LogP contribution is 2.50. The Bertz CT molecular complexity index is 695. The van der Waals surface area contributed by atoms with E-state index in [4.69, 9.17) is 11.5 Å². The highest BCUT2D eigenvalue weighted by atomic mass is 16.3. The van der Waals surface area contributed by atoms with Gasteiger partial charge >= 0.3 is 0 Å². The minimum atomic E-state index is -0.704. The van der Waals surface area contributed by atoms with Crippen LogP contribution in [0, 0.1) is 0 Å². The van der Waals surface area contributed by atoms with Gasteiger partial charge in [-0.15, -0.1) is 0 Å². The number of benzene rings is 1. The summed E-state index contributed by atoms with van der Waals surface area (Å²) in [7, 11) is 0. The lowest BCUT2D eigenvalue weighted by molar-refractivity contribution is 0.152. The van der Waals surface area contributed by atoms with Crippen LogP contribution in [0.2, 0.25) is 0 Å². The van der Waals surface area contributed by atoms with Crippen molar-refractivity contribution in [3.8, 4) is 11.1 Å². The van der Waals surface area contributed by atoms with Crippen molar-refractivity contribution in [1.29, 1.82) is 0 Å². The topological polar surface area (TPSA) is 85.2 Å². The van der Waals surface area contributed by atoms with E-state index < -0.39 is 5.60 Å². The number of aromatic nitrogens is 1. The number of anilines is 2. The second-order valence-electron chi connectivity index (χ2n) is 7.06. The van der Waals surface area contributed by atoms with Crippen LogP contribution in [0.4, 0.5) is 11.4 Å². The molecule has 2 aliphatic rings. The van der Waals surface area contributed by atoms with Crippen LogP contribution < -0.4 is 11.5 Å². The molecule has 0 amide bonds. The lowest BCUT2D eigenvalue weighted by Crippen LogP contribution is -2.09. The van der Waals surface area contributed by atoms with Gasteiger partial charge in [0, 0.05) is 28.4 Å². The average molecular weight is 295 g/mol. The van der Waals surface area contributed by atoms with E-state index in [1.54, 1.807) is 0 Å². The van der Waals surface area contributed by atoms with Crippen molar-refractivity contribution in [2.75, 3.05) is 11.5 Å². The lowest BCUT2D eigenvalue weighted by atomic mass is 9.97. The van der Waals surface area contributed by atoms with E-state index in [0.29, 0.717) is 5.69 Å². The number of nitrogens with two attached hydrogens (primary N) is 2. The number of nitrogen functional groups attached to an aromatic ring is 2. The van der Waals surface area contributed by atoms with Gasteiger partial charge in [0.1, 0.15) is 0 Å². The number of nitrogens with zero attached hydrogens (tertiary/aromatic N) is 1. The maximum atomic E-state index is 10.2. The first-order valence-electron chi connectivity index (χ1n) is 7.80.